The lowest BCUT2D eigenvalue weighted by Crippen LogP contribution is -2.21. The van der Waals surface area contributed by atoms with E-state index in [1.807, 2.05) is 0 Å². The van der Waals surface area contributed by atoms with E-state index in [2.05, 4.69) is 0 Å². The summed E-state index contributed by atoms with van der Waals surface area (Å²) < 4.78 is 24.2. The highest BCUT2D eigenvalue weighted by Crippen LogP contribution is 2.08. The molecule has 1 unspecified atom stereocenters. The highest BCUT2D eigenvalue weighted by atomic mass is 28.3. The molecule has 0 bridgehead atoms. The predicted molar refractivity (Wildman–Crippen MR) is 60.4 cm³/mol. The van der Waals surface area contributed by atoms with Crippen LogP contribution in [0.15, 0.2) is 0 Å². The molecule has 1 N–H and O–H groups in total. The van der Waals surface area contributed by atoms with E-state index in [9.17, 15) is 0 Å². The molecule has 1 aliphatic heterocycles. The van der Waals surface area contributed by atoms with Crippen molar-refractivity contribution in [3.63, 3.8) is 0 Å². The monoisotopic (exact) mass is 254 g/mol. The van der Waals surface area contributed by atoms with Gasteiger partial charge in [-0.25, -0.2) is 0 Å². The van der Waals surface area contributed by atoms with Crippen LogP contribution in [0.2, 0.25) is 0 Å². The fraction of sp³-hybridized carbons (Fsp3) is 1.00. The van der Waals surface area contributed by atoms with Crippen molar-refractivity contribution in [2.24, 2.45) is 0 Å². The number of aliphatic hydroxyl groups excluding tert-OH is 1. The third-order valence-corrected chi connectivity index (χ3v) is 2.88. The van der Waals surface area contributed by atoms with Crippen molar-refractivity contribution >= 4 is 9.53 Å². The van der Waals surface area contributed by atoms with Crippen LogP contribution in [0, 0.1) is 0 Å². The van der Waals surface area contributed by atoms with E-state index in [4.69, 9.17) is 27.9 Å². The molecule has 16 heavy (non-hydrogen) atoms. The highest BCUT2D eigenvalue weighted by Gasteiger charge is 2.21. The Labute approximate surface area is 98.4 Å². The molecule has 1 atom stereocenters. The molecule has 6 nitrogen and oxygen atoms in total. The van der Waals surface area contributed by atoms with Gasteiger partial charge in [0.2, 0.25) is 0 Å². The Kier molecular flexibility index (Phi) is 11.4. The van der Waals surface area contributed by atoms with Gasteiger partial charge in [0.05, 0.1) is 13.2 Å². The first-order valence-electron chi connectivity index (χ1n) is 5.17. The predicted octanol–water partition coefficient (Wildman–Crippen LogP) is -0.573. The van der Waals surface area contributed by atoms with Gasteiger partial charge in [-0.2, -0.15) is 0 Å². The summed E-state index contributed by atoms with van der Waals surface area (Å²) in [5.41, 5.74) is 0. The van der Waals surface area contributed by atoms with Crippen LogP contribution in [0.25, 0.3) is 0 Å². The van der Waals surface area contributed by atoms with Crippen molar-refractivity contribution in [3.8, 4) is 0 Å². The SMILES string of the molecule is CO[SiH](OC)OC.OCCCOCC1CO1. The number of hydrogen-bond donors (Lipinski definition) is 1. The second kappa shape index (κ2) is 11.5. The molecule has 1 saturated heterocycles. The molecule has 0 radical (unpaired) electrons. The fourth-order valence-electron chi connectivity index (χ4n) is 0.834. The van der Waals surface area contributed by atoms with Crippen molar-refractivity contribution in [2.75, 3.05) is 47.8 Å². The van der Waals surface area contributed by atoms with Gasteiger partial charge in [-0.3, -0.25) is 0 Å². The molecular weight excluding hydrogens is 232 g/mol. The maximum Gasteiger partial charge on any atom is 0.483 e. The van der Waals surface area contributed by atoms with Gasteiger partial charge in [-0.05, 0) is 6.42 Å². The molecule has 0 amide bonds. The molecule has 1 heterocycles. The van der Waals surface area contributed by atoms with E-state index in [-0.39, 0.29) is 6.61 Å². The van der Waals surface area contributed by atoms with Crippen LogP contribution in [-0.4, -0.2) is 68.5 Å². The zero-order valence-electron chi connectivity index (χ0n) is 10.2. The normalized spacial score (nSPS) is 18.2. The highest BCUT2D eigenvalue weighted by molar-refractivity contribution is 6.36. The lowest BCUT2D eigenvalue weighted by molar-refractivity contribution is 0.102. The lowest BCUT2D eigenvalue weighted by atomic mass is 10.5. The summed E-state index contributed by atoms with van der Waals surface area (Å²) in [6.07, 6.45) is 1.08. The molecule has 98 valence electrons. The lowest BCUT2D eigenvalue weighted by Gasteiger charge is -2.05. The first-order chi connectivity index (χ1) is 7.78. The van der Waals surface area contributed by atoms with Crippen LogP contribution in [0.5, 0.6) is 0 Å². The van der Waals surface area contributed by atoms with Crippen molar-refractivity contribution in [1.29, 1.82) is 0 Å². The second-order valence-corrected chi connectivity index (χ2v) is 5.09. The van der Waals surface area contributed by atoms with Crippen LogP contribution < -0.4 is 0 Å². The zero-order chi connectivity index (χ0) is 12.2. The summed E-state index contributed by atoms with van der Waals surface area (Å²) in [6.45, 7) is 2.40. The Morgan fingerprint density at radius 1 is 1.25 bits per heavy atom. The smallest absolute Gasteiger partial charge is 0.396 e. The van der Waals surface area contributed by atoms with Crippen molar-refractivity contribution in [1.82, 2.24) is 0 Å². The van der Waals surface area contributed by atoms with E-state index in [0.29, 0.717) is 19.3 Å². The Morgan fingerprint density at radius 3 is 2.12 bits per heavy atom. The van der Waals surface area contributed by atoms with Gasteiger partial charge in [0.15, 0.2) is 0 Å². The third-order valence-electron chi connectivity index (χ3n) is 1.73. The van der Waals surface area contributed by atoms with Crippen LogP contribution in [0.1, 0.15) is 6.42 Å². The fourth-order valence-corrected chi connectivity index (χ4v) is 1.41. The number of epoxide rings is 1. The van der Waals surface area contributed by atoms with Gasteiger partial charge in [0.25, 0.3) is 0 Å². The van der Waals surface area contributed by atoms with Crippen molar-refractivity contribution in [2.45, 2.75) is 12.5 Å². The van der Waals surface area contributed by atoms with E-state index in [1.165, 1.54) is 0 Å². The molecule has 7 heteroatoms. The van der Waals surface area contributed by atoms with E-state index < -0.39 is 9.53 Å². The van der Waals surface area contributed by atoms with Crippen LogP contribution >= 0.6 is 0 Å². The Balaban J connectivity index is 0.000000293. The molecule has 1 rings (SSSR count). The molecule has 0 spiro atoms. The minimum atomic E-state index is -1.67. The first kappa shape index (κ1) is 16.0. The molecule has 1 fully saturated rings. The van der Waals surface area contributed by atoms with Gasteiger partial charge in [0, 0.05) is 34.5 Å². The Bertz CT molecular complexity index is 134. The summed E-state index contributed by atoms with van der Waals surface area (Å²) in [6, 6.07) is 0. The standard InChI is InChI=1S/C6H12O3.C3H10O3Si/c7-2-1-3-8-4-6-5-9-6;1-4-7(5-2)6-3/h6-7H,1-5H2;7H,1-3H3. The number of hydrogen-bond acceptors (Lipinski definition) is 6. The molecule has 0 saturated carbocycles. The van der Waals surface area contributed by atoms with Gasteiger partial charge < -0.3 is 27.9 Å². The third kappa shape index (κ3) is 10.5. The molecule has 0 aliphatic carbocycles. The summed E-state index contributed by atoms with van der Waals surface area (Å²) in [5, 5.41) is 8.34. The Morgan fingerprint density at radius 2 is 1.81 bits per heavy atom. The zero-order valence-corrected chi connectivity index (χ0v) is 11.3. The minimum absolute atomic E-state index is 0.214. The van der Waals surface area contributed by atoms with E-state index >= 15 is 0 Å². The summed E-state index contributed by atoms with van der Waals surface area (Å²) in [4.78, 5) is 0. The molecular formula is C9H22O6Si. The Hall–Kier alpha value is -0.0231. The van der Waals surface area contributed by atoms with Gasteiger partial charge >= 0.3 is 9.53 Å². The average Bonchev–Trinajstić information content (AvgIpc) is 3.12. The maximum atomic E-state index is 8.34. The van der Waals surface area contributed by atoms with Crippen molar-refractivity contribution < 1.29 is 27.9 Å². The van der Waals surface area contributed by atoms with Crippen LogP contribution in [0.3, 0.4) is 0 Å². The number of ether oxygens (including phenoxy) is 2. The maximum absolute atomic E-state index is 8.34. The van der Waals surface area contributed by atoms with Gasteiger partial charge in [-0.15, -0.1) is 0 Å². The topological polar surface area (TPSA) is 69.7 Å². The second-order valence-electron chi connectivity index (χ2n) is 3.10. The van der Waals surface area contributed by atoms with E-state index in [1.54, 1.807) is 21.3 Å². The largest absolute Gasteiger partial charge is 0.483 e. The quantitative estimate of drug-likeness (QED) is 0.355. The van der Waals surface area contributed by atoms with Crippen LogP contribution in [-0.2, 0) is 22.8 Å². The molecule has 0 aromatic rings. The van der Waals surface area contributed by atoms with E-state index in [0.717, 1.165) is 13.0 Å². The molecule has 0 aromatic carbocycles. The van der Waals surface area contributed by atoms with Crippen LogP contribution in [0.4, 0.5) is 0 Å². The number of aliphatic hydroxyl groups is 1. The first-order valence-corrected chi connectivity index (χ1v) is 6.58. The number of rotatable bonds is 8. The average molecular weight is 254 g/mol. The molecule has 1 aliphatic rings. The van der Waals surface area contributed by atoms with Gasteiger partial charge in [0.1, 0.15) is 6.10 Å². The summed E-state index contributed by atoms with van der Waals surface area (Å²) >= 11 is 0. The van der Waals surface area contributed by atoms with Crippen molar-refractivity contribution in [3.05, 3.63) is 0 Å². The van der Waals surface area contributed by atoms with Gasteiger partial charge in [-0.1, -0.05) is 0 Å². The minimum Gasteiger partial charge on any atom is -0.396 e. The summed E-state index contributed by atoms with van der Waals surface area (Å²) in [5.74, 6) is 0. The summed E-state index contributed by atoms with van der Waals surface area (Å²) in [7, 11) is 3.05. The molecule has 0 aromatic heterocycles.